The van der Waals surface area contributed by atoms with Gasteiger partial charge in [0.2, 0.25) is 5.91 Å². The van der Waals surface area contributed by atoms with Crippen LogP contribution < -0.4 is 11.1 Å². The smallest absolute Gasteiger partial charge is 0.228 e. The van der Waals surface area contributed by atoms with E-state index in [9.17, 15) is 4.79 Å². The van der Waals surface area contributed by atoms with E-state index in [0.717, 1.165) is 30.2 Å². The molecule has 2 unspecified atom stereocenters. The van der Waals surface area contributed by atoms with Crippen LogP contribution >= 0.6 is 15.9 Å². The molecule has 1 aliphatic carbocycles. The van der Waals surface area contributed by atoms with Crippen molar-refractivity contribution < 1.29 is 4.79 Å². The highest BCUT2D eigenvalue weighted by Gasteiger charge is 2.25. The minimum absolute atomic E-state index is 0.0210. The van der Waals surface area contributed by atoms with Crippen molar-refractivity contribution in [3.63, 3.8) is 0 Å². The fraction of sp³-hybridized carbons (Fsp3) is 0.500. The summed E-state index contributed by atoms with van der Waals surface area (Å²) in [4.78, 5) is 16.2. The molecule has 0 spiro atoms. The van der Waals surface area contributed by atoms with Crippen LogP contribution in [-0.2, 0) is 4.79 Å². The molecule has 1 amide bonds. The monoisotopic (exact) mass is 297 g/mol. The van der Waals surface area contributed by atoms with E-state index < -0.39 is 0 Å². The Labute approximate surface area is 109 Å². The van der Waals surface area contributed by atoms with Crippen LogP contribution in [0.2, 0.25) is 0 Å². The van der Waals surface area contributed by atoms with Crippen LogP contribution in [0.15, 0.2) is 22.8 Å². The van der Waals surface area contributed by atoms with Crippen molar-refractivity contribution in [2.24, 2.45) is 11.7 Å². The molecule has 0 radical (unpaired) electrons. The summed E-state index contributed by atoms with van der Waals surface area (Å²) in [7, 11) is 0. The summed E-state index contributed by atoms with van der Waals surface area (Å²) in [5.41, 5.74) is 5.88. The van der Waals surface area contributed by atoms with Gasteiger partial charge in [-0.1, -0.05) is 6.42 Å². The van der Waals surface area contributed by atoms with E-state index in [4.69, 9.17) is 5.73 Å². The molecule has 1 saturated carbocycles. The van der Waals surface area contributed by atoms with Crippen LogP contribution in [0, 0.1) is 5.92 Å². The first-order valence-electron chi connectivity index (χ1n) is 5.84. The number of carbonyl (C=O) groups is 1. The Balaban J connectivity index is 1.99. The molecule has 1 aliphatic rings. The predicted molar refractivity (Wildman–Crippen MR) is 70.5 cm³/mol. The number of anilines is 1. The Kier molecular flexibility index (Phi) is 4.12. The average Bonchev–Trinajstić information content (AvgIpc) is 2.32. The summed E-state index contributed by atoms with van der Waals surface area (Å²) in [6.07, 6.45) is 5.41. The maximum Gasteiger partial charge on any atom is 0.228 e. The van der Waals surface area contributed by atoms with Crippen molar-refractivity contribution in [2.75, 3.05) is 5.32 Å². The molecule has 1 aromatic heterocycles. The van der Waals surface area contributed by atoms with Crippen LogP contribution in [0.25, 0.3) is 0 Å². The number of amides is 1. The lowest BCUT2D eigenvalue weighted by molar-refractivity contribution is -0.120. The van der Waals surface area contributed by atoms with Gasteiger partial charge < -0.3 is 11.1 Å². The number of carbonyl (C=O) groups excluding carboxylic acids is 1. The highest BCUT2D eigenvalue weighted by atomic mass is 79.9. The second-order valence-electron chi connectivity index (χ2n) is 4.45. The third-order valence-electron chi connectivity index (χ3n) is 3.09. The molecule has 0 bridgehead atoms. The van der Waals surface area contributed by atoms with Gasteiger partial charge in [0, 0.05) is 18.2 Å². The third kappa shape index (κ3) is 3.26. The first-order valence-corrected chi connectivity index (χ1v) is 6.63. The van der Waals surface area contributed by atoms with Crippen LogP contribution in [0.5, 0.6) is 0 Å². The highest BCUT2D eigenvalue weighted by molar-refractivity contribution is 9.10. The van der Waals surface area contributed by atoms with Gasteiger partial charge in [0.05, 0.1) is 4.47 Å². The molecule has 2 rings (SSSR count). The molecule has 2 atom stereocenters. The second kappa shape index (κ2) is 5.60. The molecule has 0 aliphatic heterocycles. The highest BCUT2D eigenvalue weighted by Crippen LogP contribution is 2.25. The lowest BCUT2D eigenvalue weighted by Crippen LogP contribution is -2.34. The van der Waals surface area contributed by atoms with E-state index in [-0.39, 0.29) is 17.9 Å². The minimum Gasteiger partial charge on any atom is -0.328 e. The Hall–Kier alpha value is -0.940. The summed E-state index contributed by atoms with van der Waals surface area (Å²) in [5, 5.41) is 2.85. The van der Waals surface area contributed by atoms with Gasteiger partial charge in [-0.3, -0.25) is 4.79 Å². The summed E-state index contributed by atoms with van der Waals surface area (Å²) in [5.74, 6) is 0.629. The molecular weight excluding hydrogens is 282 g/mol. The fourth-order valence-corrected chi connectivity index (χ4v) is 2.52. The Morgan fingerprint density at radius 3 is 3.06 bits per heavy atom. The van der Waals surface area contributed by atoms with Gasteiger partial charge in [-0.05, 0) is 47.3 Å². The van der Waals surface area contributed by atoms with Gasteiger partial charge in [-0.15, -0.1) is 0 Å². The first-order chi connectivity index (χ1) is 8.16. The molecular formula is C12H16BrN3O. The van der Waals surface area contributed by atoms with Crippen molar-refractivity contribution in [1.29, 1.82) is 0 Å². The van der Waals surface area contributed by atoms with Gasteiger partial charge in [0.25, 0.3) is 0 Å². The molecule has 92 valence electrons. The lowest BCUT2D eigenvalue weighted by Gasteiger charge is -2.25. The average molecular weight is 298 g/mol. The summed E-state index contributed by atoms with van der Waals surface area (Å²) >= 11 is 3.36. The second-order valence-corrected chi connectivity index (χ2v) is 5.30. The van der Waals surface area contributed by atoms with E-state index in [1.54, 1.807) is 6.20 Å². The van der Waals surface area contributed by atoms with Crippen LogP contribution in [-0.4, -0.2) is 16.9 Å². The number of rotatable bonds is 2. The summed E-state index contributed by atoms with van der Waals surface area (Å²) < 4.78 is 0.799. The molecule has 4 nitrogen and oxygen atoms in total. The van der Waals surface area contributed by atoms with E-state index in [1.165, 1.54) is 0 Å². The number of pyridine rings is 1. The largest absolute Gasteiger partial charge is 0.328 e. The molecule has 17 heavy (non-hydrogen) atoms. The molecule has 1 fully saturated rings. The van der Waals surface area contributed by atoms with Crippen LogP contribution in [0.3, 0.4) is 0 Å². The maximum absolute atomic E-state index is 12.0. The number of hydrogen-bond donors (Lipinski definition) is 2. The van der Waals surface area contributed by atoms with Crippen LogP contribution in [0.1, 0.15) is 25.7 Å². The Bertz CT molecular complexity index is 410. The molecule has 0 saturated heterocycles. The first kappa shape index (κ1) is 12.5. The molecule has 1 aromatic rings. The van der Waals surface area contributed by atoms with Crippen molar-refractivity contribution in [2.45, 2.75) is 31.7 Å². The number of nitrogens with one attached hydrogen (secondary N) is 1. The van der Waals surface area contributed by atoms with Gasteiger partial charge in [0.15, 0.2) is 0 Å². The third-order valence-corrected chi connectivity index (χ3v) is 3.73. The molecule has 0 aromatic carbocycles. The van der Waals surface area contributed by atoms with E-state index in [0.29, 0.717) is 5.82 Å². The Morgan fingerprint density at radius 1 is 1.53 bits per heavy atom. The molecule has 3 N–H and O–H groups in total. The summed E-state index contributed by atoms with van der Waals surface area (Å²) in [6, 6.07) is 3.83. The van der Waals surface area contributed by atoms with Gasteiger partial charge in [-0.2, -0.15) is 0 Å². The van der Waals surface area contributed by atoms with E-state index in [1.807, 2.05) is 12.1 Å². The zero-order valence-corrected chi connectivity index (χ0v) is 11.1. The molecule has 5 heteroatoms. The van der Waals surface area contributed by atoms with Gasteiger partial charge in [-0.25, -0.2) is 4.98 Å². The fourth-order valence-electron chi connectivity index (χ4n) is 2.16. The van der Waals surface area contributed by atoms with Crippen molar-refractivity contribution in [3.8, 4) is 0 Å². The SMILES string of the molecule is NC1CCCC(C(=O)Nc2ncccc2Br)C1. The lowest BCUT2D eigenvalue weighted by atomic mass is 9.85. The number of halogens is 1. The number of nitrogens with zero attached hydrogens (tertiary/aromatic N) is 1. The Morgan fingerprint density at radius 2 is 2.35 bits per heavy atom. The van der Waals surface area contributed by atoms with Crippen LogP contribution in [0.4, 0.5) is 5.82 Å². The minimum atomic E-state index is 0.0210. The normalized spacial score (nSPS) is 24.4. The standard InChI is InChI=1S/C12H16BrN3O/c13-10-5-2-6-15-11(10)16-12(17)8-3-1-4-9(14)7-8/h2,5-6,8-9H,1,3-4,7,14H2,(H,15,16,17). The van der Waals surface area contributed by atoms with Crippen molar-refractivity contribution in [3.05, 3.63) is 22.8 Å². The van der Waals surface area contributed by atoms with Crippen molar-refractivity contribution in [1.82, 2.24) is 4.98 Å². The number of hydrogen-bond acceptors (Lipinski definition) is 3. The number of nitrogens with two attached hydrogens (primary N) is 1. The maximum atomic E-state index is 12.0. The van der Waals surface area contributed by atoms with Gasteiger partial charge in [0.1, 0.15) is 5.82 Å². The zero-order chi connectivity index (χ0) is 12.3. The number of aromatic nitrogens is 1. The topological polar surface area (TPSA) is 68.0 Å². The van der Waals surface area contributed by atoms with E-state index >= 15 is 0 Å². The van der Waals surface area contributed by atoms with Crippen molar-refractivity contribution >= 4 is 27.7 Å². The predicted octanol–water partition coefficient (Wildman–Crippen LogP) is 2.30. The molecule has 1 heterocycles. The summed E-state index contributed by atoms with van der Waals surface area (Å²) in [6.45, 7) is 0. The zero-order valence-electron chi connectivity index (χ0n) is 9.53. The van der Waals surface area contributed by atoms with E-state index in [2.05, 4.69) is 26.2 Å². The quantitative estimate of drug-likeness (QED) is 0.880. The van der Waals surface area contributed by atoms with Gasteiger partial charge >= 0.3 is 0 Å².